The number of ketones is 1. The van der Waals surface area contributed by atoms with E-state index in [1.165, 1.54) is 12.4 Å². The van der Waals surface area contributed by atoms with Crippen molar-refractivity contribution in [2.75, 3.05) is 0 Å². The lowest BCUT2D eigenvalue weighted by Crippen LogP contribution is -2.17. The third kappa shape index (κ3) is 3.30. The van der Waals surface area contributed by atoms with Crippen molar-refractivity contribution in [3.8, 4) is 0 Å². The number of carbonyl (C=O) groups is 2. The molecule has 0 fully saturated rings. The van der Waals surface area contributed by atoms with Gasteiger partial charge < -0.3 is 5.11 Å². The minimum absolute atomic E-state index is 0.221. The molecule has 4 nitrogen and oxygen atoms in total. The number of hydrogen-bond donors (Lipinski definition) is 1. The molecule has 0 aliphatic heterocycles. The van der Waals surface area contributed by atoms with E-state index in [-0.39, 0.29) is 12.2 Å². The molecule has 0 amide bonds. The Labute approximate surface area is 124 Å². The topological polar surface area (TPSA) is 67.3 Å². The van der Waals surface area contributed by atoms with Gasteiger partial charge in [0, 0.05) is 22.4 Å². The number of aliphatic carboxylic acids is 1. The molecule has 0 radical (unpaired) electrons. The Balaban J connectivity index is 2.41. The number of carbonyl (C=O) groups excluding carboxylic acids is 1. The fourth-order valence-electron chi connectivity index (χ4n) is 1.99. The molecule has 0 aliphatic rings. The van der Waals surface area contributed by atoms with Crippen LogP contribution in [0.2, 0.25) is 0 Å². The Kier molecular flexibility index (Phi) is 4.63. The summed E-state index contributed by atoms with van der Waals surface area (Å²) in [7, 11) is 0. The van der Waals surface area contributed by atoms with Crippen LogP contribution in [0.5, 0.6) is 0 Å². The van der Waals surface area contributed by atoms with Gasteiger partial charge in [-0.3, -0.25) is 14.6 Å². The molecule has 1 aromatic heterocycles. The van der Waals surface area contributed by atoms with Crippen LogP contribution in [0.3, 0.4) is 0 Å². The molecular weight excluding hydrogens is 322 g/mol. The lowest BCUT2D eigenvalue weighted by Gasteiger charge is -2.15. The number of carboxylic acid groups (broad SMARTS) is 1. The summed E-state index contributed by atoms with van der Waals surface area (Å²) in [5, 5.41) is 9.05. The molecule has 1 N–H and O–H groups in total. The molecule has 20 heavy (non-hydrogen) atoms. The molecular formula is C15H12BrNO3. The van der Waals surface area contributed by atoms with Crippen LogP contribution in [-0.4, -0.2) is 21.8 Å². The van der Waals surface area contributed by atoms with E-state index in [1.54, 1.807) is 30.3 Å². The number of aromatic nitrogens is 1. The van der Waals surface area contributed by atoms with Gasteiger partial charge in [-0.25, -0.2) is 0 Å². The second-order valence-corrected chi connectivity index (χ2v) is 5.13. The van der Waals surface area contributed by atoms with Gasteiger partial charge in [0.15, 0.2) is 5.78 Å². The lowest BCUT2D eigenvalue weighted by atomic mass is 9.88. The first kappa shape index (κ1) is 14.4. The predicted molar refractivity (Wildman–Crippen MR) is 77.7 cm³/mol. The Morgan fingerprint density at radius 2 is 1.80 bits per heavy atom. The molecule has 2 aromatic rings. The fourth-order valence-corrected chi connectivity index (χ4v) is 2.55. The number of Topliss-reactive ketones (excluding diaryl/α,β-unsaturated/α-hetero) is 1. The summed E-state index contributed by atoms with van der Waals surface area (Å²) in [6.07, 6.45) is 2.79. The average molecular weight is 334 g/mol. The van der Waals surface area contributed by atoms with Crippen LogP contribution in [0.15, 0.2) is 53.3 Å². The van der Waals surface area contributed by atoms with E-state index >= 15 is 0 Å². The maximum atomic E-state index is 12.5. The summed E-state index contributed by atoms with van der Waals surface area (Å²) in [4.78, 5) is 27.4. The number of nitrogens with zero attached hydrogens (tertiary/aromatic N) is 1. The third-order valence-corrected chi connectivity index (χ3v) is 3.66. The Morgan fingerprint density at radius 1 is 1.15 bits per heavy atom. The zero-order valence-corrected chi connectivity index (χ0v) is 12.1. The van der Waals surface area contributed by atoms with Crippen molar-refractivity contribution in [3.05, 3.63) is 64.4 Å². The molecule has 102 valence electrons. The van der Waals surface area contributed by atoms with Gasteiger partial charge in [-0.2, -0.15) is 0 Å². The van der Waals surface area contributed by atoms with Crippen molar-refractivity contribution in [2.24, 2.45) is 0 Å². The van der Waals surface area contributed by atoms with Crippen molar-refractivity contribution < 1.29 is 14.7 Å². The van der Waals surface area contributed by atoms with Crippen LogP contribution in [0.1, 0.15) is 28.3 Å². The van der Waals surface area contributed by atoms with Gasteiger partial charge in [0.2, 0.25) is 0 Å². The van der Waals surface area contributed by atoms with Crippen molar-refractivity contribution in [3.63, 3.8) is 0 Å². The van der Waals surface area contributed by atoms with E-state index in [9.17, 15) is 9.59 Å². The number of benzene rings is 1. The summed E-state index contributed by atoms with van der Waals surface area (Å²) in [5.41, 5.74) is 1.14. The van der Waals surface area contributed by atoms with Gasteiger partial charge >= 0.3 is 5.97 Å². The predicted octanol–water partition coefficient (Wildman–Crippen LogP) is 3.29. The van der Waals surface area contributed by atoms with Gasteiger partial charge in [-0.05, 0) is 23.8 Å². The van der Waals surface area contributed by atoms with Crippen molar-refractivity contribution in [2.45, 2.75) is 12.3 Å². The standard InChI is InChI=1S/C15H12BrNO3/c16-13-4-2-1-3-11(13)12(9-14(18)19)15(20)10-5-7-17-8-6-10/h1-8,12H,9H2,(H,18,19). The summed E-state index contributed by atoms with van der Waals surface area (Å²) in [6, 6.07) is 10.3. The Bertz CT molecular complexity index is 628. The lowest BCUT2D eigenvalue weighted by molar-refractivity contribution is -0.137. The average Bonchev–Trinajstić information content (AvgIpc) is 2.46. The molecule has 1 aromatic carbocycles. The minimum atomic E-state index is -1.01. The second kappa shape index (κ2) is 6.43. The minimum Gasteiger partial charge on any atom is -0.481 e. The molecule has 2 rings (SSSR count). The summed E-state index contributed by atoms with van der Waals surface area (Å²) in [5.74, 6) is -1.94. The van der Waals surface area contributed by atoms with E-state index < -0.39 is 11.9 Å². The Morgan fingerprint density at radius 3 is 2.40 bits per heavy atom. The molecule has 1 atom stereocenters. The SMILES string of the molecule is O=C(O)CC(C(=O)c1ccncc1)c1ccccc1Br. The first-order chi connectivity index (χ1) is 9.59. The van der Waals surface area contributed by atoms with Gasteiger partial charge in [0.25, 0.3) is 0 Å². The van der Waals surface area contributed by atoms with Gasteiger partial charge in [-0.15, -0.1) is 0 Å². The first-order valence-corrected chi connectivity index (χ1v) is 6.79. The molecule has 0 saturated heterocycles. The van der Waals surface area contributed by atoms with E-state index in [1.807, 2.05) is 6.07 Å². The van der Waals surface area contributed by atoms with E-state index in [4.69, 9.17) is 5.11 Å². The zero-order valence-electron chi connectivity index (χ0n) is 10.5. The zero-order chi connectivity index (χ0) is 14.5. The van der Waals surface area contributed by atoms with Gasteiger partial charge in [-0.1, -0.05) is 34.1 Å². The fraction of sp³-hybridized carbons (Fsp3) is 0.133. The summed E-state index contributed by atoms with van der Waals surface area (Å²) < 4.78 is 0.730. The molecule has 0 bridgehead atoms. The van der Waals surface area contributed by atoms with Crippen LogP contribution in [-0.2, 0) is 4.79 Å². The Hall–Kier alpha value is -2.01. The molecule has 1 unspecified atom stereocenters. The van der Waals surface area contributed by atoms with E-state index in [0.29, 0.717) is 11.1 Å². The van der Waals surface area contributed by atoms with Crippen molar-refractivity contribution in [1.29, 1.82) is 0 Å². The smallest absolute Gasteiger partial charge is 0.304 e. The number of rotatable bonds is 5. The highest BCUT2D eigenvalue weighted by molar-refractivity contribution is 9.10. The van der Waals surface area contributed by atoms with Crippen LogP contribution in [0.25, 0.3) is 0 Å². The highest BCUT2D eigenvalue weighted by Gasteiger charge is 2.26. The number of carboxylic acids is 1. The van der Waals surface area contributed by atoms with E-state index in [0.717, 1.165) is 4.47 Å². The number of pyridine rings is 1. The number of halogens is 1. The molecule has 5 heteroatoms. The maximum absolute atomic E-state index is 12.5. The maximum Gasteiger partial charge on any atom is 0.304 e. The molecule has 1 heterocycles. The van der Waals surface area contributed by atoms with Gasteiger partial charge in [0.05, 0.1) is 12.3 Å². The molecule has 0 saturated carbocycles. The van der Waals surface area contributed by atoms with Crippen LogP contribution >= 0.6 is 15.9 Å². The highest BCUT2D eigenvalue weighted by Crippen LogP contribution is 2.30. The summed E-state index contributed by atoms with van der Waals surface area (Å²) >= 11 is 3.37. The van der Waals surface area contributed by atoms with Crippen LogP contribution in [0, 0.1) is 0 Å². The van der Waals surface area contributed by atoms with E-state index in [2.05, 4.69) is 20.9 Å². The first-order valence-electron chi connectivity index (χ1n) is 6.00. The number of hydrogen-bond acceptors (Lipinski definition) is 3. The molecule has 0 aliphatic carbocycles. The molecule has 0 spiro atoms. The largest absolute Gasteiger partial charge is 0.481 e. The van der Waals surface area contributed by atoms with Crippen LogP contribution in [0.4, 0.5) is 0 Å². The van der Waals surface area contributed by atoms with Crippen LogP contribution < -0.4 is 0 Å². The monoisotopic (exact) mass is 333 g/mol. The van der Waals surface area contributed by atoms with Crippen molar-refractivity contribution >= 4 is 27.7 Å². The highest BCUT2D eigenvalue weighted by atomic mass is 79.9. The third-order valence-electron chi connectivity index (χ3n) is 2.94. The van der Waals surface area contributed by atoms with Gasteiger partial charge in [0.1, 0.15) is 0 Å². The normalized spacial score (nSPS) is 11.8. The quantitative estimate of drug-likeness (QED) is 0.852. The van der Waals surface area contributed by atoms with Crippen molar-refractivity contribution in [1.82, 2.24) is 4.98 Å². The second-order valence-electron chi connectivity index (χ2n) is 4.27. The summed E-state index contributed by atoms with van der Waals surface area (Å²) in [6.45, 7) is 0.